The van der Waals surface area contributed by atoms with E-state index in [4.69, 9.17) is 0 Å². The Morgan fingerprint density at radius 3 is 2.57 bits per heavy atom. The number of carbonyl (C=O) groups excluding carboxylic acids is 1. The first-order valence-electron chi connectivity index (χ1n) is 7.01. The molecule has 0 saturated heterocycles. The van der Waals surface area contributed by atoms with Gasteiger partial charge in [-0.05, 0) is 44.5 Å². The number of anilines is 1. The van der Waals surface area contributed by atoms with E-state index in [9.17, 15) is 13.2 Å². The van der Waals surface area contributed by atoms with Crippen LogP contribution in [-0.2, 0) is 14.8 Å². The van der Waals surface area contributed by atoms with E-state index in [2.05, 4.69) is 14.6 Å². The maximum atomic E-state index is 12.6. The first kappa shape index (κ1) is 17.0. The number of esters is 1. The van der Waals surface area contributed by atoms with Gasteiger partial charge >= 0.3 is 5.97 Å². The van der Waals surface area contributed by atoms with Gasteiger partial charge in [-0.25, -0.2) is 17.9 Å². The second-order valence-electron chi connectivity index (χ2n) is 5.33. The number of aryl methyl sites for hydroxylation is 1. The SMILES string of the molecule is COC(=O)c1ccc(S(=O)(=O)Nc2ccnn2C(C)C)c(C)c1. The van der Waals surface area contributed by atoms with E-state index < -0.39 is 16.0 Å². The largest absolute Gasteiger partial charge is 0.465 e. The van der Waals surface area contributed by atoms with E-state index in [-0.39, 0.29) is 10.9 Å². The van der Waals surface area contributed by atoms with Crippen LogP contribution in [0.15, 0.2) is 35.4 Å². The van der Waals surface area contributed by atoms with Crippen LogP contribution < -0.4 is 4.72 Å². The molecule has 1 heterocycles. The number of ether oxygens (including phenoxy) is 1. The summed E-state index contributed by atoms with van der Waals surface area (Å²) >= 11 is 0. The van der Waals surface area contributed by atoms with Crippen molar-refractivity contribution in [2.75, 3.05) is 11.8 Å². The van der Waals surface area contributed by atoms with Gasteiger partial charge < -0.3 is 4.74 Å². The number of sulfonamides is 1. The van der Waals surface area contributed by atoms with Gasteiger partial charge in [0.15, 0.2) is 0 Å². The van der Waals surface area contributed by atoms with E-state index in [1.165, 1.54) is 31.5 Å². The Kier molecular flexibility index (Phi) is 4.74. The smallest absolute Gasteiger partial charge is 0.337 e. The molecule has 1 aromatic heterocycles. The standard InChI is InChI=1S/C15H19N3O4S/c1-10(2)18-14(7-8-16-18)17-23(20,21)13-6-5-12(9-11(13)3)15(19)22-4/h5-10,17H,1-4H3. The molecule has 0 saturated carbocycles. The zero-order valence-electron chi connectivity index (χ0n) is 13.4. The third kappa shape index (κ3) is 3.53. The topological polar surface area (TPSA) is 90.3 Å². The molecule has 0 aliphatic carbocycles. The van der Waals surface area contributed by atoms with Crippen LogP contribution in [0.25, 0.3) is 0 Å². The number of nitrogens with one attached hydrogen (secondary N) is 1. The Hall–Kier alpha value is -2.35. The van der Waals surface area contributed by atoms with Crippen molar-refractivity contribution in [2.24, 2.45) is 0 Å². The van der Waals surface area contributed by atoms with Crippen LogP contribution in [0.3, 0.4) is 0 Å². The van der Waals surface area contributed by atoms with Crippen LogP contribution in [0.1, 0.15) is 35.8 Å². The van der Waals surface area contributed by atoms with Crippen LogP contribution in [0.2, 0.25) is 0 Å². The van der Waals surface area contributed by atoms with Gasteiger partial charge in [0.25, 0.3) is 10.0 Å². The van der Waals surface area contributed by atoms with Gasteiger partial charge in [-0.1, -0.05) is 0 Å². The Bertz CT molecular complexity index is 825. The van der Waals surface area contributed by atoms with Crippen molar-refractivity contribution in [3.63, 3.8) is 0 Å². The Morgan fingerprint density at radius 1 is 1.30 bits per heavy atom. The summed E-state index contributed by atoms with van der Waals surface area (Å²) in [5, 5.41) is 4.09. The van der Waals surface area contributed by atoms with Gasteiger partial charge in [0.2, 0.25) is 0 Å². The summed E-state index contributed by atoms with van der Waals surface area (Å²) in [6, 6.07) is 5.91. The second kappa shape index (κ2) is 6.41. The predicted octanol–water partition coefficient (Wildman–Crippen LogP) is 2.36. The third-order valence-corrected chi connectivity index (χ3v) is 4.80. The van der Waals surface area contributed by atoms with E-state index in [0.717, 1.165) is 0 Å². The Labute approximate surface area is 135 Å². The molecule has 23 heavy (non-hydrogen) atoms. The lowest BCUT2D eigenvalue weighted by Crippen LogP contribution is -2.18. The van der Waals surface area contributed by atoms with Gasteiger partial charge in [-0.3, -0.25) is 4.72 Å². The summed E-state index contributed by atoms with van der Waals surface area (Å²) in [6.45, 7) is 5.43. The molecule has 0 radical (unpaired) electrons. The molecule has 1 aromatic carbocycles. The van der Waals surface area contributed by atoms with Crippen LogP contribution in [0.5, 0.6) is 0 Å². The molecule has 1 N–H and O–H groups in total. The molecular formula is C15H19N3O4S. The monoisotopic (exact) mass is 337 g/mol. The van der Waals surface area contributed by atoms with Crippen molar-refractivity contribution in [1.29, 1.82) is 0 Å². The van der Waals surface area contributed by atoms with Gasteiger partial charge in [0, 0.05) is 12.1 Å². The summed E-state index contributed by atoms with van der Waals surface area (Å²) < 4.78 is 33.9. The summed E-state index contributed by atoms with van der Waals surface area (Å²) in [5.74, 6) is -0.126. The van der Waals surface area contributed by atoms with Crippen molar-refractivity contribution in [3.8, 4) is 0 Å². The molecule has 7 nitrogen and oxygen atoms in total. The van der Waals surface area contributed by atoms with Gasteiger partial charge in [0.05, 0.1) is 23.8 Å². The normalized spacial score (nSPS) is 11.5. The van der Waals surface area contributed by atoms with E-state index in [0.29, 0.717) is 16.9 Å². The molecule has 0 atom stereocenters. The van der Waals surface area contributed by atoms with Crippen LogP contribution in [0, 0.1) is 6.92 Å². The zero-order chi connectivity index (χ0) is 17.2. The first-order chi connectivity index (χ1) is 10.8. The fraction of sp³-hybridized carbons (Fsp3) is 0.333. The highest BCUT2D eigenvalue weighted by molar-refractivity contribution is 7.92. The van der Waals surface area contributed by atoms with Crippen molar-refractivity contribution in [2.45, 2.75) is 31.7 Å². The van der Waals surface area contributed by atoms with Gasteiger partial charge in [-0.15, -0.1) is 0 Å². The van der Waals surface area contributed by atoms with E-state index in [1.807, 2.05) is 13.8 Å². The number of rotatable bonds is 5. The van der Waals surface area contributed by atoms with Crippen LogP contribution in [0.4, 0.5) is 5.82 Å². The third-order valence-electron chi connectivity index (χ3n) is 3.28. The number of benzene rings is 1. The second-order valence-corrected chi connectivity index (χ2v) is 6.98. The summed E-state index contributed by atoms with van der Waals surface area (Å²) in [7, 11) is -2.51. The quantitative estimate of drug-likeness (QED) is 0.846. The highest BCUT2D eigenvalue weighted by Crippen LogP contribution is 2.22. The minimum Gasteiger partial charge on any atom is -0.465 e. The van der Waals surface area contributed by atoms with Crippen LogP contribution in [-0.4, -0.2) is 31.3 Å². The molecular weight excluding hydrogens is 318 g/mol. The molecule has 0 aliphatic rings. The number of carbonyl (C=O) groups is 1. The van der Waals surface area contributed by atoms with Gasteiger partial charge in [0.1, 0.15) is 5.82 Å². The van der Waals surface area contributed by atoms with Gasteiger partial charge in [-0.2, -0.15) is 5.10 Å². The fourth-order valence-electron chi connectivity index (χ4n) is 2.19. The van der Waals surface area contributed by atoms with Crippen molar-refractivity contribution < 1.29 is 17.9 Å². The maximum Gasteiger partial charge on any atom is 0.337 e. The number of hydrogen-bond donors (Lipinski definition) is 1. The highest BCUT2D eigenvalue weighted by atomic mass is 32.2. The highest BCUT2D eigenvalue weighted by Gasteiger charge is 2.20. The molecule has 0 aliphatic heterocycles. The summed E-state index contributed by atoms with van der Waals surface area (Å²) in [6.07, 6.45) is 1.53. The molecule has 0 bridgehead atoms. The number of methoxy groups -OCH3 is 1. The minimum absolute atomic E-state index is 0.0190. The summed E-state index contributed by atoms with van der Waals surface area (Å²) in [5.41, 5.74) is 0.757. The molecule has 8 heteroatoms. The van der Waals surface area contributed by atoms with Crippen molar-refractivity contribution in [1.82, 2.24) is 9.78 Å². The number of aromatic nitrogens is 2. The van der Waals surface area contributed by atoms with E-state index in [1.54, 1.807) is 17.7 Å². The molecule has 0 fully saturated rings. The minimum atomic E-state index is -3.78. The molecule has 2 aromatic rings. The lowest BCUT2D eigenvalue weighted by Gasteiger charge is -2.14. The lowest BCUT2D eigenvalue weighted by molar-refractivity contribution is 0.0600. The Morgan fingerprint density at radius 2 is 2.00 bits per heavy atom. The lowest BCUT2D eigenvalue weighted by atomic mass is 10.1. The van der Waals surface area contributed by atoms with Crippen molar-refractivity contribution in [3.05, 3.63) is 41.6 Å². The zero-order valence-corrected chi connectivity index (χ0v) is 14.2. The molecule has 124 valence electrons. The molecule has 2 rings (SSSR count). The predicted molar refractivity (Wildman–Crippen MR) is 85.9 cm³/mol. The molecule has 0 amide bonds. The fourth-order valence-corrected chi connectivity index (χ4v) is 3.47. The number of hydrogen-bond acceptors (Lipinski definition) is 5. The van der Waals surface area contributed by atoms with Crippen LogP contribution >= 0.6 is 0 Å². The van der Waals surface area contributed by atoms with Crippen molar-refractivity contribution >= 4 is 21.8 Å². The average molecular weight is 337 g/mol. The molecule has 0 spiro atoms. The number of nitrogens with zero attached hydrogens (tertiary/aromatic N) is 2. The Balaban J connectivity index is 2.36. The summed E-state index contributed by atoms with van der Waals surface area (Å²) in [4.78, 5) is 11.6. The average Bonchev–Trinajstić information content (AvgIpc) is 2.93. The van der Waals surface area contributed by atoms with E-state index >= 15 is 0 Å². The first-order valence-corrected chi connectivity index (χ1v) is 8.50. The maximum absolute atomic E-state index is 12.6. The molecule has 0 unspecified atom stereocenters.